The van der Waals surface area contributed by atoms with Crippen LogP contribution in [0.5, 0.6) is 0 Å². The van der Waals surface area contributed by atoms with E-state index in [1.54, 1.807) is 4.90 Å². The van der Waals surface area contributed by atoms with Gasteiger partial charge in [0.25, 0.3) is 5.91 Å². The van der Waals surface area contributed by atoms with E-state index >= 15 is 0 Å². The average Bonchev–Trinajstić information content (AvgIpc) is 2.95. The number of hydrogen-bond acceptors (Lipinski definition) is 3. The van der Waals surface area contributed by atoms with Gasteiger partial charge in [0.05, 0.1) is 11.6 Å². The molecule has 0 fully saturated rings. The molecule has 0 saturated carbocycles. The van der Waals surface area contributed by atoms with Crippen molar-refractivity contribution in [3.8, 4) is 0 Å². The van der Waals surface area contributed by atoms with Crippen molar-refractivity contribution in [3.05, 3.63) is 41.6 Å². The Balaban J connectivity index is 2.48. The zero-order valence-electron chi connectivity index (χ0n) is 16.1. The zero-order valence-corrected chi connectivity index (χ0v) is 16.1. The van der Waals surface area contributed by atoms with Gasteiger partial charge in [0, 0.05) is 18.8 Å². The third-order valence-corrected chi connectivity index (χ3v) is 4.85. The number of hydrogen-bond donors (Lipinski definition) is 1. The summed E-state index contributed by atoms with van der Waals surface area (Å²) in [5, 5.41) is 9.90. The minimum atomic E-state index is -0.989. The smallest absolute Gasteiger partial charge is 0.336 e. The molecule has 1 unspecified atom stereocenters. The lowest BCUT2D eigenvalue weighted by Crippen LogP contribution is -2.38. The summed E-state index contributed by atoms with van der Waals surface area (Å²) in [5.41, 5.74) is 1.38. The second kappa shape index (κ2) is 9.41. The molecule has 26 heavy (non-hydrogen) atoms. The van der Waals surface area contributed by atoms with E-state index in [1.807, 2.05) is 42.2 Å². The summed E-state index contributed by atoms with van der Waals surface area (Å²) >= 11 is 0. The number of rotatable bonds is 10. The van der Waals surface area contributed by atoms with Crippen LogP contribution in [-0.2, 0) is 9.59 Å². The summed E-state index contributed by atoms with van der Waals surface area (Å²) < 4.78 is 0. The normalized spacial score (nSPS) is 17.1. The van der Waals surface area contributed by atoms with Gasteiger partial charge in [-0.25, -0.2) is 4.79 Å². The highest BCUT2D eigenvalue weighted by Gasteiger charge is 2.44. The highest BCUT2D eigenvalue weighted by Crippen LogP contribution is 2.35. The van der Waals surface area contributed by atoms with Crippen LogP contribution in [0.1, 0.15) is 52.9 Å². The molecule has 1 amide bonds. The predicted molar refractivity (Wildman–Crippen MR) is 104 cm³/mol. The van der Waals surface area contributed by atoms with Gasteiger partial charge in [-0.2, -0.15) is 0 Å². The monoisotopic (exact) mass is 358 g/mol. The lowest BCUT2D eigenvalue weighted by atomic mass is 10.0. The van der Waals surface area contributed by atoms with Crippen molar-refractivity contribution in [1.82, 2.24) is 4.90 Å². The molecule has 0 bridgehead atoms. The van der Waals surface area contributed by atoms with Crippen LogP contribution in [-0.4, -0.2) is 41.0 Å². The van der Waals surface area contributed by atoms with Crippen LogP contribution in [0.3, 0.4) is 0 Å². The van der Waals surface area contributed by atoms with Crippen LogP contribution in [0, 0.1) is 0 Å². The molecule has 1 N–H and O–H groups in total. The molecule has 5 heteroatoms. The number of carboxylic acids is 1. The van der Waals surface area contributed by atoms with Gasteiger partial charge in [-0.3, -0.25) is 9.69 Å². The Bertz CT molecular complexity index is 646. The molecule has 1 heterocycles. The Morgan fingerprint density at radius 3 is 2.12 bits per heavy atom. The Morgan fingerprint density at radius 2 is 1.65 bits per heavy atom. The number of para-hydroxylation sites is 1. The van der Waals surface area contributed by atoms with Crippen LogP contribution in [0.2, 0.25) is 0 Å². The van der Waals surface area contributed by atoms with Crippen LogP contribution >= 0.6 is 0 Å². The summed E-state index contributed by atoms with van der Waals surface area (Å²) in [5.74, 6) is -1.18. The van der Waals surface area contributed by atoms with Crippen LogP contribution in [0.4, 0.5) is 5.69 Å². The maximum Gasteiger partial charge on any atom is 0.336 e. The topological polar surface area (TPSA) is 60.9 Å². The van der Waals surface area contributed by atoms with E-state index in [1.165, 1.54) is 0 Å². The second-order valence-corrected chi connectivity index (χ2v) is 6.70. The lowest BCUT2D eigenvalue weighted by molar-refractivity contribution is -0.133. The summed E-state index contributed by atoms with van der Waals surface area (Å²) in [6.07, 6.45) is 4.46. The van der Waals surface area contributed by atoms with Crippen molar-refractivity contribution < 1.29 is 14.7 Å². The van der Waals surface area contributed by atoms with E-state index in [4.69, 9.17) is 0 Å². The van der Waals surface area contributed by atoms with Crippen LogP contribution in [0.15, 0.2) is 41.6 Å². The summed E-state index contributed by atoms with van der Waals surface area (Å²) in [7, 11) is 0. The predicted octanol–water partition coefficient (Wildman–Crippen LogP) is 4.05. The molecule has 0 radical (unpaired) electrons. The van der Waals surface area contributed by atoms with Crippen molar-refractivity contribution >= 4 is 17.6 Å². The first-order valence-corrected chi connectivity index (χ1v) is 9.67. The van der Waals surface area contributed by atoms with Gasteiger partial charge in [0.15, 0.2) is 0 Å². The van der Waals surface area contributed by atoms with Crippen molar-refractivity contribution in [2.75, 3.05) is 18.0 Å². The van der Waals surface area contributed by atoms with E-state index in [2.05, 4.69) is 13.8 Å². The fourth-order valence-corrected chi connectivity index (χ4v) is 3.51. The number of unbranched alkanes of at least 4 members (excludes halogenated alkanes) is 2. The molecule has 2 rings (SSSR count). The zero-order chi connectivity index (χ0) is 19.1. The molecule has 1 aliphatic heterocycles. The van der Waals surface area contributed by atoms with Crippen molar-refractivity contribution in [1.29, 1.82) is 0 Å². The molecule has 0 saturated heterocycles. The third kappa shape index (κ3) is 4.09. The Labute approximate surface area is 156 Å². The number of carbonyl (C=O) groups excluding carboxylic acids is 1. The van der Waals surface area contributed by atoms with Gasteiger partial charge in [-0.05, 0) is 31.4 Å². The van der Waals surface area contributed by atoms with Crippen LogP contribution < -0.4 is 4.90 Å². The lowest BCUT2D eigenvalue weighted by Gasteiger charge is -2.27. The molecule has 1 aromatic carbocycles. The van der Waals surface area contributed by atoms with Gasteiger partial charge in [-0.1, -0.05) is 51.8 Å². The standard InChI is InChI=1S/C21H30N2O3/c1-4-7-14-22(15-8-5-2)19-18(21(25)26)17(6-3)23(20(19)24)16-12-10-9-11-13-16/h9-13,17H,4-8,14-15H2,1-3H3,(H,25,26). The van der Waals surface area contributed by atoms with Crippen molar-refractivity contribution in [2.24, 2.45) is 0 Å². The molecule has 1 aliphatic rings. The van der Waals surface area contributed by atoms with Crippen molar-refractivity contribution in [3.63, 3.8) is 0 Å². The van der Waals surface area contributed by atoms with Crippen molar-refractivity contribution in [2.45, 2.75) is 58.9 Å². The first-order valence-electron chi connectivity index (χ1n) is 9.67. The Kier molecular flexibility index (Phi) is 7.25. The summed E-state index contributed by atoms with van der Waals surface area (Å²) in [4.78, 5) is 29.1. The number of carbonyl (C=O) groups is 2. The molecular formula is C21H30N2O3. The van der Waals surface area contributed by atoms with Gasteiger partial charge < -0.3 is 10.0 Å². The second-order valence-electron chi connectivity index (χ2n) is 6.70. The number of carboxylic acid groups (broad SMARTS) is 1. The van der Waals surface area contributed by atoms with Gasteiger partial charge >= 0.3 is 5.97 Å². The third-order valence-electron chi connectivity index (χ3n) is 4.85. The number of nitrogens with zero attached hydrogens (tertiary/aromatic N) is 2. The van der Waals surface area contributed by atoms with Crippen LogP contribution in [0.25, 0.3) is 0 Å². The fraction of sp³-hybridized carbons (Fsp3) is 0.524. The summed E-state index contributed by atoms with van der Waals surface area (Å²) in [6, 6.07) is 8.95. The SMILES string of the molecule is CCCCN(CCCC)C1=C(C(=O)O)C(CC)N(c2ccccc2)C1=O. The fourth-order valence-electron chi connectivity index (χ4n) is 3.51. The molecule has 142 valence electrons. The molecule has 0 spiro atoms. The molecule has 1 atom stereocenters. The number of amides is 1. The molecule has 5 nitrogen and oxygen atoms in total. The number of benzene rings is 1. The minimum absolute atomic E-state index is 0.187. The minimum Gasteiger partial charge on any atom is -0.478 e. The van der Waals surface area contributed by atoms with E-state index < -0.39 is 12.0 Å². The maximum absolute atomic E-state index is 13.3. The number of aliphatic carboxylic acids is 1. The van der Waals surface area contributed by atoms with Gasteiger partial charge in [0.1, 0.15) is 5.70 Å². The average molecular weight is 358 g/mol. The van der Waals surface area contributed by atoms with Gasteiger partial charge in [-0.15, -0.1) is 0 Å². The molecule has 0 aromatic heterocycles. The van der Waals surface area contributed by atoms with E-state index in [0.29, 0.717) is 25.2 Å². The first kappa shape index (κ1) is 20.0. The first-order chi connectivity index (χ1) is 12.6. The maximum atomic E-state index is 13.3. The molecule has 1 aromatic rings. The molecular weight excluding hydrogens is 328 g/mol. The van der Waals surface area contributed by atoms with Gasteiger partial charge in [0.2, 0.25) is 0 Å². The largest absolute Gasteiger partial charge is 0.478 e. The molecule has 0 aliphatic carbocycles. The highest BCUT2D eigenvalue weighted by atomic mass is 16.4. The quantitative estimate of drug-likeness (QED) is 0.685. The Hall–Kier alpha value is -2.30. The Morgan fingerprint density at radius 1 is 1.08 bits per heavy atom. The number of anilines is 1. The van der Waals surface area contributed by atoms with E-state index in [9.17, 15) is 14.7 Å². The summed E-state index contributed by atoms with van der Waals surface area (Å²) in [6.45, 7) is 7.57. The van der Waals surface area contributed by atoms with E-state index in [-0.39, 0.29) is 11.5 Å². The highest BCUT2D eigenvalue weighted by molar-refractivity contribution is 6.15. The van der Waals surface area contributed by atoms with E-state index in [0.717, 1.165) is 31.4 Å².